The van der Waals surface area contributed by atoms with Crippen LogP contribution in [-0.2, 0) is 0 Å². The van der Waals surface area contributed by atoms with Gasteiger partial charge in [0.1, 0.15) is 23.1 Å². The molecule has 2 aromatic rings. The van der Waals surface area contributed by atoms with Crippen molar-refractivity contribution in [3.63, 3.8) is 0 Å². The number of ether oxygens (including phenoxy) is 1. The van der Waals surface area contributed by atoms with Crippen LogP contribution >= 0.6 is 23.4 Å². The van der Waals surface area contributed by atoms with Crippen LogP contribution in [0.4, 0.5) is 0 Å². The Morgan fingerprint density at radius 2 is 1.91 bits per heavy atom. The minimum absolute atomic E-state index is 0.309. The van der Waals surface area contributed by atoms with Gasteiger partial charge in [-0.25, -0.2) is 4.98 Å². The van der Waals surface area contributed by atoms with Crippen molar-refractivity contribution >= 4 is 23.4 Å². The molecular weight excluding hydrogens is 338 g/mol. The molecule has 0 unspecified atom stereocenters. The van der Waals surface area contributed by atoms with Gasteiger partial charge < -0.3 is 20.1 Å². The summed E-state index contributed by atoms with van der Waals surface area (Å²) in [6, 6.07) is 10.9. The number of thioether (sulfide) groups is 1. The summed E-state index contributed by atoms with van der Waals surface area (Å²) in [5, 5.41) is 29.7. The minimum Gasteiger partial charge on any atom is -0.477 e. The Bertz CT molecular complexity index is 669. The highest BCUT2D eigenvalue weighted by Gasteiger charge is 2.38. The first kappa shape index (κ1) is 16.5. The molecule has 1 aromatic heterocycles. The summed E-state index contributed by atoms with van der Waals surface area (Å²) in [6.07, 6.45) is -1.62. The Labute approximate surface area is 142 Å². The summed E-state index contributed by atoms with van der Waals surface area (Å²) in [5.74, 6) is 0.876. The Balaban J connectivity index is 1.76. The zero-order valence-electron chi connectivity index (χ0n) is 12.0. The van der Waals surface area contributed by atoms with Gasteiger partial charge in [0.05, 0.1) is 6.10 Å². The Kier molecular flexibility index (Phi) is 5.08. The van der Waals surface area contributed by atoms with Gasteiger partial charge in [-0.15, -0.1) is 11.8 Å². The lowest BCUT2D eigenvalue weighted by molar-refractivity contribution is -0.0786. The summed E-state index contributed by atoms with van der Waals surface area (Å²) < 4.78 is 5.77. The maximum atomic E-state index is 10.0. The molecule has 122 valence electrons. The molecule has 3 N–H and O–H groups in total. The van der Waals surface area contributed by atoms with Crippen molar-refractivity contribution in [3.05, 3.63) is 47.7 Å². The van der Waals surface area contributed by atoms with E-state index in [4.69, 9.17) is 16.3 Å². The third-order valence-corrected chi connectivity index (χ3v) is 5.06. The van der Waals surface area contributed by atoms with Gasteiger partial charge in [-0.05, 0) is 29.8 Å². The van der Waals surface area contributed by atoms with Crippen LogP contribution in [0.1, 0.15) is 0 Å². The first-order valence-electron chi connectivity index (χ1n) is 7.09. The van der Waals surface area contributed by atoms with Crippen LogP contribution in [-0.4, -0.2) is 49.8 Å². The van der Waals surface area contributed by atoms with E-state index in [1.54, 1.807) is 18.3 Å². The van der Waals surface area contributed by atoms with Crippen molar-refractivity contribution in [1.29, 1.82) is 0 Å². The topological polar surface area (TPSA) is 82.8 Å². The quantitative estimate of drug-likeness (QED) is 0.731. The van der Waals surface area contributed by atoms with Gasteiger partial charge in [-0.3, -0.25) is 0 Å². The zero-order chi connectivity index (χ0) is 16.4. The number of hydrogen-bond donors (Lipinski definition) is 3. The van der Waals surface area contributed by atoms with Gasteiger partial charge >= 0.3 is 0 Å². The Morgan fingerprint density at radius 1 is 1.09 bits per heavy atom. The number of aliphatic hydroxyl groups excluding tert-OH is 3. The lowest BCUT2D eigenvalue weighted by Gasteiger charge is -2.34. The van der Waals surface area contributed by atoms with Gasteiger partial charge in [-0.2, -0.15) is 0 Å². The smallest absolute Gasteiger partial charge is 0.173 e. The molecule has 0 saturated carbocycles. The fourth-order valence-corrected chi connectivity index (χ4v) is 3.55. The summed E-state index contributed by atoms with van der Waals surface area (Å²) in [7, 11) is 0. The zero-order valence-corrected chi connectivity index (χ0v) is 13.6. The molecule has 0 amide bonds. The maximum absolute atomic E-state index is 10.0. The van der Waals surface area contributed by atoms with Crippen molar-refractivity contribution in [2.45, 2.75) is 23.7 Å². The van der Waals surface area contributed by atoms with Gasteiger partial charge in [0.25, 0.3) is 0 Å². The molecule has 0 radical (unpaired) electrons. The molecule has 5 nitrogen and oxygen atoms in total. The Morgan fingerprint density at radius 3 is 2.65 bits per heavy atom. The first-order valence-corrected chi connectivity index (χ1v) is 8.52. The summed E-state index contributed by atoms with van der Waals surface area (Å²) in [5.41, 5.74) is 1.17. The highest BCUT2D eigenvalue weighted by molar-refractivity contribution is 7.99. The molecule has 2 heterocycles. The first-order chi connectivity index (χ1) is 11.0. The lowest BCUT2D eigenvalue weighted by Crippen LogP contribution is -2.50. The molecule has 1 aliphatic rings. The molecule has 4 atom stereocenters. The predicted molar refractivity (Wildman–Crippen MR) is 89.6 cm³/mol. The van der Waals surface area contributed by atoms with E-state index in [9.17, 15) is 15.3 Å². The molecule has 0 bridgehead atoms. The fraction of sp³-hybridized carbons (Fsp3) is 0.312. The highest BCUT2D eigenvalue weighted by atomic mass is 35.5. The molecule has 1 aliphatic heterocycles. The average Bonchev–Trinajstić information content (AvgIpc) is 2.56. The van der Waals surface area contributed by atoms with Crippen molar-refractivity contribution in [3.8, 4) is 16.9 Å². The van der Waals surface area contributed by atoms with E-state index in [0.717, 1.165) is 11.1 Å². The molecule has 3 rings (SSSR count). The molecule has 1 saturated heterocycles. The van der Waals surface area contributed by atoms with E-state index in [1.165, 1.54) is 11.8 Å². The van der Waals surface area contributed by atoms with E-state index in [1.807, 2.05) is 24.3 Å². The second kappa shape index (κ2) is 7.07. The number of aromatic nitrogens is 1. The number of rotatable bonds is 3. The van der Waals surface area contributed by atoms with Crippen LogP contribution in [0.5, 0.6) is 5.75 Å². The number of pyridine rings is 1. The minimum atomic E-state index is -1.20. The molecular formula is C16H16ClNO4S. The van der Waals surface area contributed by atoms with E-state index >= 15 is 0 Å². The summed E-state index contributed by atoms with van der Waals surface area (Å²) in [4.78, 5) is 4.05. The maximum Gasteiger partial charge on any atom is 0.173 e. The number of halogens is 1. The van der Waals surface area contributed by atoms with Gasteiger partial charge in [0, 0.05) is 17.5 Å². The second-order valence-corrected chi connectivity index (χ2v) is 6.78. The molecule has 23 heavy (non-hydrogen) atoms. The monoisotopic (exact) mass is 353 g/mol. The van der Waals surface area contributed by atoms with Crippen LogP contribution in [0.15, 0.2) is 42.6 Å². The molecule has 1 fully saturated rings. The van der Waals surface area contributed by atoms with Crippen LogP contribution in [0, 0.1) is 0 Å². The predicted octanol–water partition coefficient (Wildman–Crippen LogP) is 1.94. The molecule has 1 aromatic carbocycles. The van der Waals surface area contributed by atoms with E-state index in [2.05, 4.69) is 4.98 Å². The second-order valence-electron chi connectivity index (χ2n) is 5.27. The van der Waals surface area contributed by atoms with E-state index in [-0.39, 0.29) is 0 Å². The van der Waals surface area contributed by atoms with Crippen molar-refractivity contribution < 1.29 is 20.1 Å². The summed E-state index contributed by atoms with van der Waals surface area (Å²) >= 11 is 7.06. The number of benzene rings is 1. The van der Waals surface area contributed by atoms with E-state index in [0.29, 0.717) is 16.7 Å². The highest BCUT2D eigenvalue weighted by Crippen LogP contribution is 2.31. The fourth-order valence-electron chi connectivity index (χ4n) is 2.31. The van der Waals surface area contributed by atoms with Crippen LogP contribution in [0.2, 0.25) is 5.15 Å². The van der Waals surface area contributed by atoms with Gasteiger partial charge in [-0.1, -0.05) is 23.7 Å². The van der Waals surface area contributed by atoms with Crippen LogP contribution in [0.25, 0.3) is 11.1 Å². The standard InChI is InChI=1S/C16H16ClNO4S/c17-13-5-4-10(7-18-13)9-2-1-3-11(6-9)22-16-15(21)14(20)12(19)8-23-16/h1-7,12,14-16,19-21H,8H2/t12-,14+,15-,16+/m1/s1. The number of hydrogen-bond acceptors (Lipinski definition) is 6. The molecule has 7 heteroatoms. The third-order valence-electron chi connectivity index (χ3n) is 3.60. The third kappa shape index (κ3) is 3.79. The van der Waals surface area contributed by atoms with Gasteiger partial charge in [0.2, 0.25) is 0 Å². The lowest BCUT2D eigenvalue weighted by atomic mass is 10.1. The molecule has 0 aliphatic carbocycles. The van der Waals surface area contributed by atoms with Gasteiger partial charge in [0.15, 0.2) is 5.44 Å². The van der Waals surface area contributed by atoms with Crippen LogP contribution in [0.3, 0.4) is 0 Å². The SMILES string of the molecule is O[C@@H]1[C@@H](O)[C@@H](Oc2cccc(-c3ccc(Cl)nc3)c2)SC[C@H]1O. The van der Waals surface area contributed by atoms with Crippen LogP contribution < -0.4 is 4.74 Å². The largest absolute Gasteiger partial charge is 0.477 e. The van der Waals surface area contributed by atoms with Crippen molar-refractivity contribution in [2.24, 2.45) is 0 Å². The number of aliphatic hydroxyl groups is 3. The normalized spacial score (nSPS) is 27.7. The van der Waals surface area contributed by atoms with E-state index < -0.39 is 23.7 Å². The van der Waals surface area contributed by atoms with Crippen molar-refractivity contribution in [1.82, 2.24) is 4.98 Å². The summed E-state index contributed by atoms with van der Waals surface area (Å²) in [6.45, 7) is 0. The van der Waals surface area contributed by atoms with Crippen molar-refractivity contribution in [2.75, 3.05) is 5.75 Å². The average molecular weight is 354 g/mol. The molecule has 0 spiro atoms. The Hall–Kier alpha value is -1.31. The number of nitrogens with zero attached hydrogens (tertiary/aromatic N) is 1.